The summed E-state index contributed by atoms with van der Waals surface area (Å²) in [6.45, 7) is 0. The number of aromatic nitrogens is 1. The SMILES string of the molecule is O=C(c1ccccn1)c1ccc([N+](=O)[O-])cc1Cl. The number of carbonyl (C=O) groups excluding carboxylic acids is 1. The summed E-state index contributed by atoms with van der Waals surface area (Å²) in [6, 6.07) is 8.64. The van der Waals surface area contributed by atoms with Crippen molar-refractivity contribution in [1.82, 2.24) is 4.98 Å². The number of nitro benzene ring substituents is 1. The highest BCUT2D eigenvalue weighted by Crippen LogP contribution is 2.24. The minimum atomic E-state index is -0.569. The summed E-state index contributed by atoms with van der Waals surface area (Å²) in [4.78, 5) is 25.9. The smallest absolute Gasteiger partial charge is 0.270 e. The highest BCUT2D eigenvalue weighted by Gasteiger charge is 2.16. The number of hydrogen-bond acceptors (Lipinski definition) is 4. The lowest BCUT2D eigenvalue weighted by Crippen LogP contribution is -2.04. The molecule has 0 aliphatic heterocycles. The van der Waals surface area contributed by atoms with E-state index in [1.54, 1.807) is 18.2 Å². The molecule has 1 aromatic carbocycles. The maximum absolute atomic E-state index is 12.0. The summed E-state index contributed by atoms with van der Waals surface area (Å²) >= 11 is 5.87. The number of rotatable bonds is 3. The average Bonchev–Trinajstić information content (AvgIpc) is 2.38. The largest absolute Gasteiger partial charge is 0.287 e. The molecule has 0 atom stereocenters. The molecule has 1 heterocycles. The number of nitrogens with zero attached hydrogens (tertiary/aromatic N) is 2. The highest BCUT2D eigenvalue weighted by atomic mass is 35.5. The summed E-state index contributed by atoms with van der Waals surface area (Å²) in [7, 11) is 0. The van der Waals surface area contributed by atoms with Gasteiger partial charge in [0.15, 0.2) is 0 Å². The number of nitro groups is 1. The zero-order chi connectivity index (χ0) is 13.1. The number of pyridine rings is 1. The predicted octanol–water partition coefficient (Wildman–Crippen LogP) is 2.87. The minimum absolute atomic E-state index is 0.0415. The van der Waals surface area contributed by atoms with Gasteiger partial charge in [0.25, 0.3) is 5.69 Å². The van der Waals surface area contributed by atoms with Crippen molar-refractivity contribution in [3.05, 3.63) is 69.0 Å². The molecular weight excluding hydrogens is 256 g/mol. The van der Waals surface area contributed by atoms with Gasteiger partial charge in [0, 0.05) is 23.9 Å². The number of non-ortho nitro benzene ring substituents is 1. The second kappa shape index (κ2) is 4.93. The van der Waals surface area contributed by atoms with Crippen LogP contribution in [-0.4, -0.2) is 15.7 Å². The van der Waals surface area contributed by atoms with Gasteiger partial charge in [-0.1, -0.05) is 17.7 Å². The molecule has 0 unspecified atom stereocenters. The summed E-state index contributed by atoms with van der Waals surface area (Å²) < 4.78 is 0. The van der Waals surface area contributed by atoms with Crippen molar-refractivity contribution in [3.63, 3.8) is 0 Å². The molecule has 18 heavy (non-hydrogen) atoms. The lowest BCUT2D eigenvalue weighted by Gasteiger charge is -2.02. The van der Waals surface area contributed by atoms with E-state index in [-0.39, 0.29) is 27.8 Å². The first kappa shape index (κ1) is 12.2. The first-order chi connectivity index (χ1) is 8.59. The van der Waals surface area contributed by atoms with E-state index in [1.165, 1.54) is 18.3 Å². The number of ketones is 1. The second-order valence-electron chi connectivity index (χ2n) is 3.47. The lowest BCUT2D eigenvalue weighted by atomic mass is 10.1. The summed E-state index contributed by atoms with van der Waals surface area (Å²) in [6.07, 6.45) is 1.49. The molecule has 5 nitrogen and oxygen atoms in total. The summed E-state index contributed by atoms with van der Waals surface area (Å²) in [5.41, 5.74) is 0.284. The van der Waals surface area contributed by atoms with Crippen LogP contribution < -0.4 is 0 Å². The zero-order valence-corrected chi connectivity index (χ0v) is 9.79. The molecule has 2 aromatic rings. The number of benzene rings is 1. The highest BCUT2D eigenvalue weighted by molar-refractivity contribution is 6.35. The standard InChI is InChI=1S/C12H7ClN2O3/c13-10-7-8(15(17)18)4-5-9(10)12(16)11-3-1-2-6-14-11/h1-7H. The second-order valence-corrected chi connectivity index (χ2v) is 3.87. The van der Waals surface area contributed by atoms with Crippen LogP contribution in [0.2, 0.25) is 5.02 Å². The molecule has 2 rings (SSSR count). The van der Waals surface area contributed by atoms with Gasteiger partial charge in [-0.05, 0) is 18.2 Å². The van der Waals surface area contributed by atoms with Gasteiger partial charge in [-0.2, -0.15) is 0 Å². The van der Waals surface area contributed by atoms with E-state index < -0.39 is 4.92 Å². The Labute approximate surface area is 107 Å². The van der Waals surface area contributed by atoms with Gasteiger partial charge in [0.1, 0.15) is 5.69 Å². The van der Waals surface area contributed by atoms with E-state index in [9.17, 15) is 14.9 Å². The van der Waals surface area contributed by atoms with Crippen LogP contribution in [0.15, 0.2) is 42.6 Å². The Morgan fingerprint density at radius 3 is 2.61 bits per heavy atom. The Morgan fingerprint density at radius 2 is 2.06 bits per heavy atom. The number of hydrogen-bond donors (Lipinski definition) is 0. The van der Waals surface area contributed by atoms with Crippen molar-refractivity contribution in [2.75, 3.05) is 0 Å². The van der Waals surface area contributed by atoms with Crippen molar-refractivity contribution in [3.8, 4) is 0 Å². The summed E-state index contributed by atoms with van der Waals surface area (Å²) in [5.74, 6) is -0.365. The molecule has 0 N–H and O–H groups in total. The van der Waals surface area contributed by atoms with Crippen LogP contribution in [0.4, 0.5) is 5.69 Å². The molecule has 0 fully saturated rings. The van der Waals surface area contributed by atoms with Crippen LogP contribution in [0.3, 0.4) is 0 Å². The van der Waals surface area contributed by atoms with Crippen molar-refractivity contribution in [2.24, 2.45) is 0 Å². The fraction of sp³-hybridized carbons (Fsp3) is 0. The van der Waals surface area contributed by atoms with Crippen LogP contribution in [0, 0.1) is 10.1 Å². The van der Waals surface area contributed by atoms with E-state index >= 15 is 0 Å². The zero-order valence-electron chi connectivity index (χ0n) is 9.04. The number of carbonyl (C=O) groups is 1. The minimum Gasteiger partial charge on any atom is -0.287 e. The van der Waals surface area contributed by atoms with Gasteiger partial charge >= 0.3 is 0 Å². The molecule has 0 aliphatic rings. The van der Waals surface area contributed by atoms with Crippen LogP contribution in [0.25, 0.3) is 0 Å². The molecule has 0 saturated heterocycles. The average molecular weight is 263 g/mol. The first-order valence-corrected chi connectivity index (χ1v) is 5.37. The molecule has 90 valence electrons. The van der Waals surface area contributed by atoms with Crippen LogP contribution in [0.1, 0.15) is 16.1 Å². The van der Waals surface area contributed by atoms with E-state index in [0.29, 0.717) is 0 Å². The van der Waals surface area contributed by atoms with Gasteiger partial charge < -0.3 is 0 Å². The van der Waals surface area contributed by atoms with Gasteiger partial charge in [-0.3, -0.25) is 19.9 Å². The third kappa shape index (κ3) is 2.36. The molecule has 0 saturated carbocycles. The molecule has 0 radical (unpaired) electrons. The predicted molar refractivity (Wildman–Crippen MR) is 65.8 cm³/mol. The monoisotopic (exact) mass is 262 g/mol. The fourth-order valence-corrected chi connectivity index (χ4v) is 1.70. The van der Waals surface area contributed by atoms with E-state index in [0.717, 1.165) is 6.07 Å². The van der Waals surface area contributed by atoms with Gasteiger partial charge in [-0.15, -0.1) is 0 Å². The third-order valence-electron chi connectivity index (χ3n) is 2.31. The quantitative estimate of drug-likeness (QED) is 0.484. The van der Waals surface area contributed by atoms with E-state index in [2.05, 4.69) is 4.98 Å². The topological polar surface area (TPSA) is 73.1 Å². The van der Waals surface area contributed by atoms with Crippen molar-refractivity contribution >= 4 is 23.1 Å². The van der Waals surface area contributed by atoms with Crippen LogP contribution in [-0.2, 0) is 0 Å². The fourth-order valence-electron chi connectivity index (χ4n) is 1.44. The molecule has 0 bridgehead atoms. The Kier molecular flexibility index (Phi) is 3.34. The van der Waals surface area contributed by atoms with Crippen molar-refractivity contribution in [1.29, 1.82) is 0 Å². The molecule has 6 heteroatoms. The van der Waals surface area contributed by atoms with Crippen LogP contribution in [0.5, 0.6) is 0 Å². The maximum atomic E-state index is 12.0. The molecule has 1 aromatic heterocycles. The third-order valence-corrected chi connectivity index (χ3v) is 2.62. The maximum Gasteiger partial charge on any atom is 0.270 e. The van der Waals surface area contributed by atoms with E-state index in [1.807, 2.05) is 0 Å². The Bertz CT molecular complexity index is 614. The molecule has 0 aliphatic carbocycles. The van der Waals surface area contributed by atoms with Gasteiger partial charge in [0.05, 0.1) is 9.95 Å². The Morgan fingerprint density at radius 1 is 1.28 bits per heavy atom. The van der Waals surface area contributed by atoms with Gasteiger partial charge in [0.2, 0.25) is 5.78 Å². The molecular formula is C12H7ClN2O3. The lowest BCUT2D eigenvalue weighted by molar-refractivity contribution is -0.384. The Balaban J connectivity index is 2.41. The van der Waals surface area contributed by atoms with Crippen molar-refractivity contribution in [2.45, 2.75) is 0 Å². The Hall–Kier alpha value is -2.27. The summed E-state index contributed by atoms with van der Waals surface area (Å²) in [5, 5.41) is 10.6. The van der Waals surface area contributed by atoms with E-state index in [4.69, 9.17) is 11.6 Å². The van der Waals surface area contributed by atoms with Crippen molar-refractivity contribution < 1.29 is 9.72 Å². The molecule has 0 amide bonds. The van der Waals surface area contributed by atoms with Crippen LogP contribution >= 0.6 is 11.6 Å². The number of halogens is 1. The first-order valence-electron chi connectivity index (χ1n) is 4.99. The normalized spacial score (nSPS) is 10.1. The molecule has 0 spiro atoms. The van der Waals surface area contributed by atoms with Gasteiger partial charge in [-0.25, -0.2) is 0 Å².